The van der Waals surface area contributed by atoms with Gasteiger partial charge >= 0.3 is 0 Å². The van der Waals surface area contributed by atoms with E-state index in [-0.39, 0.29) is 12.6 Å². The molecule has 0 heterocycles. The summed E-state index contributed by atoms with van der Waals surface area (Å²) >= 11 is 6.14. The molecule has 0 aliphatic heterocycles. The molecule has 2 rings (SSSR count). The van der Waals surface area contributed by atoms with Gasteiger partial charge in [-0.3, -0.25) is 0 Å². The van der Waals surface area contributed by atoms with Crippen molar-refractivity contribution in [1.82, 2.24) is 0 Å². The summed E-state index contributed by atoms with van der Waals surface area (Å²) in [5.74, 6) is -1.25. The molecule has 1 unspecified atom stereocenters. The van der Waals surface area contributed by atoms with Crippen LogP contribution in [0.2, 0.25) is 5.02 Å². The Morgan fingerprint density at radius 1 is 1.19 bits per heavy atom. The molecule has 0 spiro atoms. The lowest BCUT2D eigenvalue weighted by Crippen LogP contribution is -2.18. The Labute approximate surface area is 127 Å². The van der Waals surface area contributed by atoms with Gasteiger partial charge in [0.05, 0.1) is 5.02 Å². The Hall–Kier alpha value is -1.65. The van der Waals surface area contributed by atoms with Crippen molar-refractivity contribution in [2.45, 2.75) is 26.0 Å². The molecule has 21 heavy (non-hydrogen) atoms. The van der Waals surface area contributed by atoms with E-state index in [1.807, 2.05) is 19.1 Å². The molecule has 0 saturated heterocycles. The lowest BCUT2D eigenvalue weighted by molar-refractivity contribution is 0.301. The summed E-state index contributed by atoms with van der Waals surface area (Å²) in [6.45, 7) is 1.99. The van der Waals surface area contributed by atoms with E-state index in [1.54, 1.807) is 6.07 Å². The summed E-state index contributed by atoms with van der Waals surface area (Å²) in [6.07, 6.45) is 0.619. The van der Waals surface area contributed by atoms with Gasteiger partial charge in [0.1, 0.15) is 12.4 Å². The maximum absolute atomic E-state index is 13.2. The molecule has 112 valence electrons. The molecule has 0 saturated carbocycles. The van der Waals surface area contributed by atoms with Gasteiger partial charge in [-0.25, -0.2) is 8.78 Å². The minimum atomic E-state index is -0.897. The molecule has 1 atom stereocenters. The predicted molar refractivity (Wildman–Crippen MR) is 79.5 cm³/mol. The molecule has 2 aromatic carbocycles. The fourth-order valence-corrected chi connectivity index (χ4v) is 2.26. The maximum atomic E-state index is 13.2. The fourth-order valence-electron chi connectivity index (χ4n) is 2.01. The van der Waals surface area contributed by atoms with E-state index in [0.717, 1.165) is 17.7 Å². The van der Waals surface area contributed by atoms with Crippen molar-refractivity contribution < 1.29 is 13.5 Å². The molecule has 0 aromatic heterocycles. The Morgan fingerprint density at radius 2 is 1.95 bits per heavy atom. The third kappa shape index (κ3) is 4.16. The summed E-state index contributed by atoms with van der Waals surface area (Å²) in [5, 5.41) is 0.468. The van der Waals surface area contributed by atoms with Crippen molar-refractivity contribution in [3.05, 3.63) is 64.2 Å². The predicted octanol–water partition coefficient (Wildman–Crippen LogP) is 4.09. The van der Waals surface area contributed by atoms with E-state index >= 15 is 0 Å². The lowest BCUT2D eigenvalue weighted by atomic mass is 10.1. The third-order valence-corrected chi connectivity index (χ3v) is 3.26. The number of ether oxygens (including phenoxy) is 1. The van der Waals surface area contributed by atoms with Crippen molar-refractivity contribution in [2.75, 3.05) is 0 Å². The Bertz CT molecular complexity index is 632. The second kappa shape index (κ2) is 6.87. The van der Waals surface area contributed by atoms with Crippen LogP contribution in [0.1, 0.15) is 18.1 Å². The van der Waals surface area contributed by atoms with Gasteiger partial charge in [0.2, 0.25) is 0 Å². The monoisotopic (exact) mass is 311 g/mol. The summed E-state index contributed by atoms with van der Waals surface area (Å²) < 4.78 is 31.7. The fraction of sp³-hybridized carbons (Fsp3) is 0.250. The summed E-state index contributed by atoms with van der Waals surface area (Å²) in [7, 11) is 0. The second-order valence-corrected chi connectivity index (χ2v) is 5.35. The molecule has 0 aliphatic rings. The van der Waals surface area contributed by atoms with Crippen LogP contribution in [-0.4, -0.2) is 6.04 Å². The molecule has 0 fully saturated rings. The van der Waals surface area contributed by atoms with Crippen LogP contribution in [0.4, 0.5) is 8.78 Å². The SMILES string of the molecule is CC(N)Cc1cccc(Cl)c1OCc1ccc(F)c(F)c1. The van der Waals surface area contributed by atoms with Gasteiger partial charge in [-0.1, -0.05) is 29.8 Å². The van der Waals surface area contributed by atoms with Gasteiger partial charge in [0, 0.05) is 6.04 Å². The third-order valence-electron chi connectivity index (χ3n) is 2.96. The van der Waals surface area contributed by atoms with Crippen LogP contribution < -0.4 is 10.5 Å². The number of hydrogen-bond donors (Lipinski definition) is 1. The zero-order chi connectivity index (χ0) is 15.4. The van der Waals surface area contributed by atoms with Crippen LogP contribution in [0.15, 0.2) is 36.4 Å². The Morgan fingerprint density at radius 3 is 2.62 bits per heavy atom. The van der Waals surface area contributed by atoms with Crippen LogP contribution in [-0.2, 0) is 13.0 Å². The van der Waals surface area contributed by atoms with Crippen molar-refractivity contribution in [3.63, 3.8) is 0 Å². The first-order valence-corrected chi connectivity index (χ1v) is 6.95. The number of rotatable bonds is 5. The summed E-state index contributed by atoms with van der Waals surface area (Å²) in [5.41, 5.74) is 7.21. The molecule has 0 amide bonds. The van der Waals surface area contributed by atoms with E-state index in [2.05, 4.69) is 0 Å². The number of halogens is 3. The van der Waals surface area contributed by atoms with Gasteiger partial charge in [-0.15, -0.1) is 0 Å². The van der Waals surface area contributed by atoms with E-state index in [1.165, 1.54) is 6.07 Å². The first-order chi connectivity index (χ1) is 9.97. The highest BCUT2D eigenvalue weighted by Gasteiger charge is 2.11. The Kier molecular flexibility index (Phi) is 5.15. The first kappa shape index (κ1) is 15.7. The highest BCUT2D eigenvalue weighted by molar-refractivity contribution is 6.32. The standard InChI is InChI=1S/C16H16ClF2NO/c1-10(20)7-12-3-2-4-13(17)16(12)21-9-11-5-6-14(18)15(19)8-11/h2-6,8,10H,7,9,20H2,1H3. The van der Waals surface area contributed by atoms with Crippen molar-refractivity contribution in [2.24, 2.45) is 5.73 Å². The number of para-hydroxylation sites is 1. The topological polar surface area (TPSA) is 35.2 Å². The van der Waals surface area contributed by atoms with Crippen molar-refractivity contribution in [3.8, 4) is 5.75 Å². The average molecular weight is 312 g/mol. The largest absolute Gasteiger partial charge is 0.487 e. The maximum Gasteiger partial charge on any atom is 0.159 e. The molecule has 0 radical (unpaired) electrons. The van der Waals surface area contributed by atoms with Gasteiger partial charge in [-0.05, 0) is 42.7 Å². The second-order valence-electron chi connectivity index (χ2n) is 4.95. The van der Waals surface area contributed by atoms with E-state index in [0.29, 0.717) is 22.8 Å². The zero-order valence-corrected chi connectivity index (χ0v) is 12.3. The number of hydrogen-bond acceptors (Lipinski definition) is 2. The summed E-state index contributed by atoms with van der Waals surface area (Å²) in [6, 6.07) is 9.04. The van der Waals surface area contributed by atoms with Crippen LogP contribution >= 0.6 is 11.6 Å². The molecule has 5 heteroatoms. The van der Waals surface area contributed by atoms with Gasteiger partial charge in [0.15, 0.2) is 11.6 Å². The van der Waals surface area contributed by atoms with Crippen LogP contribution in [0, 0.1) is 11.6 Å². The first-order valence-electron chi connectivity index (χ1n) is 6.57. The highest BCUT2D eigenvalue weighted by atomic mass is 35.5. The van der Waals surface area contributed by atoms with E-state index < -0.39 is 11.6 Å². The van der Waals surface area contributed by atoms with Gasteiger partial charge < -0.3 is 10.5 Å². The Balaban J connectivity index is 2.17. The highest BCUT2D eigenvalue weighted by Crippen LogP contribution is 2.30. The van der Waals surface area contributed by atoms with Crippen LogP contribution in [0.3, 0.4) is 0 Å². The average Bonchev–Trinajstić information content (AvgIpc) is 2.41. The molecule has 2 nitrogen and oxygen atoms in total. The molecule has 2 aromatic rings. The molecule has 0 bridgehead atoms. The zero-order valence-electron chi connectivity index (χ0n) is 11.6. The minimum absolute atomic E-state index is 0.0333. The smallest absolute Gasteiger partial charge is 0.159 e. The summed E-state index contributed by atoms with van der Waals surface area (Å²) in [4.78, 5) is 0. The van der Waals surface area contributed by atoms with Crippen molar-refractivity contribution >= 4 is 11.6 Å². The van der Waals surface area contributed by atoms with E-state index in [9.17, 15) is 8.78 Å². The molecule has 0 aliphatic carbocycles. The van der Waals surface area contributed by atoms with Gasteiger partial charge in [-0.2, -0.15) is 0 Å². The van der Waals surface area contributed by atoms with Gasteiger partial charge in [0.25, 0.3) is 0 Å². The number of benzene rings is 2. The number of nitrogens with two attached hydrogens (primary N) is 1. The quantitative estimate of drug-likeness (QED) is 0.902. The minimum Gasteiger partial charge on any atom is -0.487 e. The lowest BCUT2D eigenvalue weighted by Gasteiger charge is -2.14. The normalized spacial score (nSPS) is 12.2. The van der Waals surface area contributed by atoms with E-state index in [4.69, 9.17) is 22.1 Å². The van der Waals surface area contributed by atoms with Crippen LogP contribution in [0.25, 0.3) is 0 Å². The van der Waals surface area contributed by atoms with Crippen LogP contribution in [0.5, 0.6) is 5.75 Å². The molecule has 2 N–H and O–H groups in total. The molecular formula is C16H16ClF2NO. The molecular weight excluding hydrogens is 296 g/mol. The van der Waals surface area contributed by atoms with Crippen molar-refractivity contribution in [1.29, 1.82) is 0 Å².